The molecule has 0 bridgehead atoms. The molecule has 2 rings (SSSR count). The molecule has 1 aromatic carbocycles. The molecule has 1 atom stereocenters. The SMILES string of the molecule is Nc1cc(NC(=O)C2CCCO2)ccc1F. The standard InChI is InChI=1S/C11H13FN2O2/c12-8-4-3-7(6-9(8)13)14-11(15)10-2-1-5-16-10/h3-4,6,10H,1-2,5,13H2,(H,14,15). The number of carbonyl (C=O) groups is 1. The van der Waals surface area contributed by atoms with Crippen molar-refractivity contribution in [2.24, 2.45) is 0 Å². The van der Waals surface area contributed by atoms with Crippen LogP contribution in [0.1, 0.15) is 12.8 Å². The van der Waals surface area contributed by atoms with Gasteiger partial charge in [-0.3, -0.25) is 4.79 Å². The van der Waals surface area contributed by atoms with E-state index in [-0.39, 0.29) is 11.6 Å². The van der Waals surface area contributed by atoms with Crippen molar-refractivity contribution < 1.29 is 13.9 Å². The average Bonchev–Trinajstić information content (AvgIpc) is 2.77. The second kappa shape index (κ2) is 4.49. The maximum Gasteiger partial charge on any atom is 0.253 e. The summed E-state index contributed by atoms with van der Waals surface area (Å²) in [5.41, 5.74) is 5.90. The summed E-state index contributed by atoms with van der Waals surface area (Å²) < 4.78 is 18.1. The van der Waals surface area contributed by atoms with Gasteiger partial charge in [0, 0.05) is 12.3 Å². The second-order valence-electron chi connectivity index (χ2n) is 3.73. The van der Waals surface area contributed by atoms with Gasteiger partial charge in [-0.05, 0) is 31.0 Å². The zero-order valence-corrected chi connectivity index (χ0v) is 8.70. The zero-order chi connectivity index (χ0) is 11.5. The summed E-state index contributed by atoms with van der Waals surface area (Å²) in [5.74, 6) is -0.696. The van der Waals surface area contributed by atoms with Crippen LogP contribution in [0.15, 0.2) is 18.2 Å². The van der Waals surface area contributed by atoms with Gasteiger partial charge in [0.05, 0.1) is 5.69 Å². The van der Waals surface area contributed by atoms with Crippen molar-refractivity contribution in [3.8, 4) is 0 Å². The number of amides is 1. The minimum Gasteiger partial charge on any atom is -0.396 e. The lowest BCUT2D eigenvalue weighted by atomic mass is 10.2. The van der Waals surface area contributed by atoms with Crippen molar-refractivity contribution >= 4 is 17.3 Å². The predicted octanol–water partition coefficient (Wildman–Crippen LogP) is 1.53. The van der Waals surface area contributed by atoms with Gasteiger partial charge in [0.15, 0.2) is 0 Å². The van der Waals surface area contributed by atoms with Crippen molar-refractivity contribution in [1.82, 2.24) is 0 Å². The fourth-order valence-electron chi connectivity index (χ4n) is 1.63. The summed E-state index contributed by atoms with van der Waals surface area (Å²) in [7, 11) is 0. The van der Waals surface area contributed by atoms with Crippen LogP contribution in [0, 0.1) is 5.82 Å². The molecule has 0 aliphatic carbocycles. The fourth-order valence-corrected chi connectivity index (χ4v) is 1.63. The van der Waals surface area contributed by atoms with E-state index in [0.717, 1.165) is 12.8 Å². The van der Waals surface area contributed by atoms with E-state index in [0.29, 0.717) is 12.3 Å². The molecule has 4 nitrogen and oxygen atoms in total. The Balaban J connectivity index is 2.02. The summed E-state index contributed by atoms with van der Waals surface area (Å²) in [4.78, 5) is 11.6. The number of benzene rings is 1. The first-order valence-corrected chi connectivity index (χ1v) is 5.14. The lowest BCUT2D eigenvalue weighted by Crippen LogP contribution is -2.26. The van der Waals surface area contributed by atoms with Crippen LogP contribution in [0.5, 0.6) is 0 Å². The Kier molecular flexibility index (Phi) is 3.05. The predicted molar refractivity (Wildman–Crippen MR) is 58.4 cm³/mol. The topological polar surface area (TPSA) is 64.3 Å². The van der Waals surface area contributed by atoms with Crippen LogP contribution in [0.3, 0.4) is 0 Å². The molecule has 1 aliphatic rings. The van der Waals surface area contributed by atoms with Gasteiger partial charge in [-0.15, -0.1) is 0 Å². The molecule has 0 radical (unpaired) electrons. The number of carbonyl (C=O) groups excluding carboxylic acids is 1. The van der Waals surface area contributed by atoms with Gasteiger partial charge in [-0.1, -0.05) is 0 Å². The third-order valence-corrected chi connectivity index (χ3v) is 2.49. The second-order valence-corrected chi connectivity index (χ2v) is 3.73. The van der Waals surface area contributed by atoms with Crippen molar-refractivity contribution in [3.05, 3.63) is 24.0 Å². The molecule has 0 spiro atoms. The van der Waals surface area contributed by atoms with Gasteiger partial charge in [-0.25, -0.2) is 4.39 Å². The molecule has 0 aromatic heterocycles. The largest absolute Gasteiger partial charge is 0.396 e. The highest BCUT2D eigenvalue weighted by molar-refractivity contribution is 5.94. The number of halogens is 1. The van der Waals surface area contributed by atoms with Crippen LogP contribution >= 0.6 is 0 Å². The first-order chi connectivity index (χ1) is 7.66. The Morgan fingerprint density at radius 2 is 2.38 bits per heavy atom. The minimum atomic E-state index is -0.491. The van der Waals surface area contributed by atoms with Gasteiger partial charge in [0.1, 0.15) is 11.9 Å². The number of hydrogen-bond donors (Lipinski definition) is 2. The molecule has 1 amide bonds. The Bertz CT molecular complexity index is 403. The summed E-state index contributed by atoms with van der Waals surface area (Å²) >= 11 is 0. The Morgan fingerprint density at radius 1 is 1.56 bits per heavy atom. The Morgan fingerprint density at radius 3 is 3.00 bits per heavy atom. The van der Waals surface area contributed by atoms with E-state index in [2.05, 4.69) is 5.32 Å². The van der Waals surface area contributed by atoms with E-state index in [4.69, 9.17) is 10.5 Å². The normalized spacial score (nSPS) is 19.7. The maximum atomic E-state index is 12.9. The van der Waals surface area contributed by atoms with E-state index in [1.54, 1.807) is 0 Å². The summed E-state index contributed by atoms with van der Waals surface area (Å²) in [6.45, 7) is 0.615. The highest BCUT2D eigenvalue weighted by atomic mass is 19.1. The van der Waals surface area contributed by atoms with E-state index in [1.165, 1.54) is 18.2 Å². The Labute approximate surface area is 92.6 Å². The van der Waals surface area contributed by atoms with Crippen molar-refractivity contribution in [1.29, 1.82) is 0 Å². The van der Waals surface area contributed by atoms with Gasteiger partial charge >= 0.3 is 0 Å². The molecule has 1 aromatic rings. The first kappa shape index (κ1) is 10.9. The smallest absolute Gasteiger partial charge is 0.253 e. The molecule has 1 saturated heterocycles. The molecule has 16 heavy (non-hydrogen) atoms. The lowest BCUT2D eigenvalue weighted by Gasteiger charge is -2.10. The quantitative estimate of drug-likeness (QED) is 0.749. The van der Waals surface area contributed by atoms with Crippen molar-refractivity contribution in [2.45, 2.75) is 18.9 Å². The number of nitrogen functional groups attached to an aromatic ring is 1. The van der Waals surface area contributed by atoms with Crippen LogP contribution in [-0.4, -0.2) is 18.6 Å². The molecular formula is C11H13FN2O2. The van der Waals surface area contributed by atoms with Crippen molar-refractivity contribution in [2.75, 3.05) is 17.7 Å². The van der Waals surface area contributed by atoms with Gasteiger partial charge in [0.2, 0.25) is 0 Å². The molecule has 1 fully saturated rings. The molecular weight excluding hydrogens is 211 g/mol. The number of ether oxygens (including phenoxy) is 1. The minimum absolute atomic E-state index is 0.0186. The third kappa shape index (κ3) is 2.30. The molecule has 1 unspecified atom stereocenters. The zero-order valence-electron chi connectivity index (χ0n) is 8.70. The summed E-state index contributed by atoms with van der Waals surface area (Å²) in [6.07, 6.45) is 1.22. The van der Waals surface area contributed by atoms with E-state index < -0.39 is 11.9 Å². The molecule has 1 aliphatic heterocycles. The van der Waals surface area contributed by atoms with E-state index in [1.807, 2.05) is 0 Å². The third-order valence-electron chi connectivity index (χ3n) is 2.49. The van der Waals surface area contributed by atoms with Crippen LogP contribution in [0.25, 0.3) is 0 Å². The summed E-state index contributed by atoms with van der Waals surface area (Å²) in [6, 6.07) is 4.08. The first-order valence-electron chi connectivity index (χ1n) is 5.14. The molecule has 5 heteroatoms. The van der Waals surface area contributed by atoms with Gasteiger partial charge in [-0.2, -0.15) is 0 Å². The van der Waals surface area contributed by atoms with Gasteiger partial charge < -0.3 is 15.8 Å². The number of anilines is 2. The van der Waals surface area contributed by atoms with Crippen LogP contribution in [-0.2, 0) is 9.53 Å². The number of nitrogens with one attached hydrogen (secondary N) is 1. The highest BCUT2D eigenvalue weighted by Gasteiger charge is 2.23. The number of hydrogen-bond acceptors (Lipinski definition) is 3. The van der Waals surface area contributed by atoms with Crippen molar-refractivity contribution in [3.63, 3.8) is 0 Å². The fraction of sp³-hybridized carbons (Fsp3) is 0.364. The summed E-state index contributed by atoms with van der Waals surface area (Å²) in [5, 5.41) is 2.64. The molecule has 86 valence electrons. The lowest BCUT2D eigenvalue weighted by molar-refractivity contribution is -0.124. The van der Waals surface area contributed by atoms with E-state index in [9.17, 15) is 9.18 Å². The monoisotopic (exact) mass is 224 g/mol. The van der Waals surface area contributed by atoms with Crippen LogP contribution in [0.2, 0.25) is 0 Å². The average molecular weight is 224 g/mol. The maximum absolute atomic E-state index is 12.9. The molecule has 3 N–H and O–H groups in total. The molecule has 0 saturated carbocycles. The van der Waals surface area contributed by atoms with Crippen LogP contribution < -0.4 is 11.1 Å². The van der Waals surface area contributed by atoms with E-state index >= 15 is 0 Å². The van der Waals surface area contributed by atoms with Gasteiger partial charge in [0.25, 0.3) is 5.91 Å². The number of rotatable bonds is 2. The number of nitrogens with two attached hydrogens (primary N) is 1. The molecule has 1 heterocycles. The van der Waals surface area contributed by atoms with Crippen LogP contribution in [0.4, 0.5) is 15.8 Å². The highest BCUT2D eigenvalue weighted by Crippen LogP contribution is 2.18. The Hall–Kier alpha value is -1.62.